The fraction of sp³-hybridized carbons (Fsp3) is 0.333. The smallest absolute Gasteiger partial charge is 0.261 e. The first-order valence-corrected chi connectivity index (χ1v) is 10.1. The van der Waals surface area contributed by atoms with Crippen molar-refractivity contribution < 1.29 is 9.53 Å². The van der Waals surface area contributed by atoms with Crippen molar-refractivity contribution in [3.8, 4) is 5.75 Å². The maximum Gasteiger partial charge on any atom is 0.261 e. The van der Waals surface area contributed by atoms with Gasteiger partial charge in [-0.15, -0.1) is 0 Å². The normalized spacial score (nSPS) is 13.8. The molecule has 1 fully saturated rings. The molecule has 5 nitrogen and oxygen atoms in total. The van der Waals surface area contributed by atoms with Crippen molar-refractivity contribution in [3.05, 3.63) is 52.5 Å². The number of hydrogen-bond donors (Lipinski definition) is 2. The van der Waals surface area contributed by atoms with E-state index in [0.717, 1.165) is 30.0 Å². The zero-order valence-corrected chi connectivity index (χ0v) is 17.6. The molecule has 1 heterocycles. The van der Waals surface area contributed by atoms with Gasteiger partial charge in [-0.2, -0.15) is 0 Å². The Kier molecular flexibility index (Phi) is 6.75. The minimum atomic E-state index is -0.325. The van der Waals surface area contributed by atoms with Crippen LogP contribution in [-0.2, 0) is 0 Å². The van der Waals surface area contributed by atoms with Crippen molar-refractivity contribution in [3.63, 3.8) is 0 Å². The van der Waals surface area contributed by atoms with E-state index in [-0.39, 0.29) is 11.0 Å². The van der Waals surface area contributed by atoms with Crippen LogP contribution in [0.2, 0.25) is 5.02 Å². The van der Waals surface area contributed by atoms with Crippen LogP contribution in [0.15, 0.2) is 36.4 Å². The zero-order chi connectivity index (χ0) is 20.1. The number of ether oxygens (including phenoxy) is 1. The Bertz CT molecular complexity index is 882. The number of carbonyl (C=O) groups excluding carboxylic acids is 1. The first kappa shape index (κ1) is 20.4. The molecule has 0 aliphatic carbocycles. The third kappa shape index (κ3) is 4.75. The molecule has 0 unspecified atom stereocenters. The number of anilines is 2. The van der Waals surface area contributed by atoms with Gasteiger partial charge in [0.25, 0.3) is 5.91 Å². The number of thiocarbonyl (C=S) groups is 1. The number of nitrogens with one attached hydrogen (secondary N) is 2. The Labute approximate surface area is 176 Å². The number of para-hydroxylation sites is 1. The molecule has 0 atom stereocenters. The minimum absolute atomic E-state index is 0.204. The van der Waals surface area contributed by atoms with Crippen LogP contribution >= 0.6 is 23.8 Å². The lowest BCUT2D eigenvalue weighted by Crippen LogP contribution is -2.34. The van der Waals surface area contributed by atoms with Crippen molar-refractivity contribution in [1.82, 2.24) is 5.32 Å². The fourth-order valence-corrected chi connectivity index (χ4v) is 3.92. The van der Waals surface area contributed by atoms with E-state index in [9.17, 15) is 4.79 Å². The molecule has 2 aromatic carbocycles. The van der Waals surface area contributed by atoms with Crippen LogP contribution < -0.4 is 20.3 Å². The molecule has 7 heteroatoms. The van der Waals surface area contributed by atoms with E-state index in [1.807, 2.05) is 37.3 Å². The van der Waals surface area contributed by atoms with E-state index in [0.29, 0.717) is 16.3 Å². The van der Waals surface area contributed by atoms with Crippen LogP contribution in [0.4, 0.5) is 11.4 Å². The number of aryl methyl sites for hydroxylation is 1. The minimum Gasteiger partial charge on any atom is -0.496 e. The van der Waals surface area contributed by atoms with Gasteiger partial charge in [0.15, 0.2) is 5.11 Å². The van der Waals surface area contributed by atoms with E-state index < -0.39 is 0 Å². The second kappa shape index (κ2) is 9.26. The van der Waals surface area contributed by atoms with Gasteiger partial charge in [0.1, 0.15) is 5.75 Å². The summed E-state index contributed by atoms with van der Waals surface area (Å²) < 4.78 is 5.34. The standard InChI is InChI=1S/C21H24ClN3O2S/c1-14-7-6-8-16(19(14)27-2)20(26)24-21(28)23-15-9-10-18(17(22)13-15)25-11-4-3-5-12-25/h6-10,13H,3-5,11-12H2,1-2H3,(H2,23,24,26,28). The highest BCUT2D eigenvalue weighted by atomic mass is 35.5. The summed E-state index contributed by atoms with van der Waals surface area (Å²) in [5.74, 6) is 0.214. The first-order chi connectivity index (χ1) is 13.5. The van der Waals surface area contributed by atoms with Gasteiger partial charge in [0.2, 0.25) is 0 Å². The quantitative estimate of drug-likeness (QED) is 0.701. The molecule has 1 amide bonds. The zero-order valence-electron chi connectivity index (χ0n) is 16.0. The van der Waals surface area contributed by atoms with Crippen molar-refractivity contribution >= 4 is 46.2 Å². The largest absolute Gasteiger partial charge is 0.496 e. The molecule has 0 saturated carbocycles. The number of rotatable bonds is 4. The van der Waals surface area contributed by atoms with Crippen molar-refractivity contribution in [2.24, 2.45) is 0 Å². The lowest BCUT2D eigenvalue weighted by molar-refractivity contribution is 0.0974. The Morgan fingerprint density at radius 1 is 1.18 bits per heavy atom. The van der Waals surface area contributed by atoms with E-state index in [1.54, 1.807) is 13.2 Å². The molecular weight excluding hydrogens is 394 g/mol. The number of carbonyl (C=O) groups is 1. The SMILES string of the molecule is COc1c(C)cccc1C(=O)NC(=S)Nc1ccc(N2CCCCC2)c(Cl)c1. The molecule has 3 rings (SSSR count). The topological polar surface area (TPSA) is 53.6 Å². The van der Waals surface area contributed by atoms with E-state index >= 15 is 0 Å². The predicted octanol–water partition coefficient (Wildman–Crippen LogP) is 4.77. The van der Waals surface area contributed by atoms with Crippen LogP contribution in [0.1, 0.15) is 35.2 Å². The maximum atomic E-state index is 12.6. The predicted molar refractivity (Wildman–Crippen MR) is 119 cm³/mol. The summed E-state index contributed by atoms with van der Waals surface area (Å²) in [6.45, 7) is 3.94. The summed E-state index contributed by atoms with van der Waals surface area (Å²) in [5.41, 5.74) is 3.08. The van der Waals surface area contributed by atoms with Crippen LogP contribution in [0.3, 0.4) is 0 Å². The lowest BCUT2D eigenvalue weighted by Gasteiger charge is -2.29. The number of amides is 1. The van der Waals surface area contributed by atoms with Gasteiger partial charge >= 0.3 is 0 Å². The summed E-state index contributed by atoms with van der Waals surface area (Å²) in [4.78, 5) is 14.9. The van der Waals surface area contributed by atoms with Crippen LogP contribution in [0.25, 0.3) is 0 Å². The number of nitrogens with zero attached hydrogens (tertiary/aromatic N) is 1. The first-order valence-electron chi connectivity index (χ1n) is 9.30. The van der Waals surface area contributed by atoms with Gasteiger partial charge < -0.3 is 15.0 Å². The molecule has 0 spiro atoms. The maximum absolute atomic E-state index is 12.6. The Morgan fingerprint density at radius 2 is 1.93 bits per heavy atom. The number of hydrogen-bond acceptors (Lipinski definition) is 4. The third-order valence-electron chi connectivity index (χ3n) is 4.79. The average molecular weight is 418 g/mol. The van der Waals surface area contributed by atoms with Crippen LogP contribution in [0, 0.1) is 6.92 Å². The Hall–Kier alpha value is -2.31. The van der Waals surface area contributed by atoms with Gasteiger partial charge in [-0.3, -0.25) is 10.1 Å². The highest BCUT2D eigenvalue weighted by Crippen LogP contribution is 2.31. The molecule has 1 saturated heterocycles. The van der Waals surface area contributed by atoms with Gasteiger partial charge in [-0.25, -0.2) is 0 Å². The number of methoxy groups -OCH3 is 1. The van der Waals surface area contributed by atoms with E-state index in [2.05, 4.69) is 15.5 Å². The van der Waals surface area contributed by atoms with E-state index in [1.165, 1.54) is 19.3 Å². The Balaban J connectivity index is 1.65. The highest BCUT2D eigenvalue weighted by molar-refractivity contribution is 7.80. The monoisotopic (exact) mass is 417 g/mol. The van der Waals surface area contributed by atoms with Gasteiger partial charge in [0.05, 0.1) is 23.4 Å². The number of benzene rings is 2. The summed E-state index contributed by atoms with van der Waals surface area (Å²) in [6, 6.07) is 11.1. The highest BCUT2D eigenvalue weighted by Gasteiger charge is 2.16. The van der Waals surface area contributed by atoms with Gasteiger partial charge in [0, 0.05) is 18.8 Å². The van der Waals surface area contributed by atoms with Crippen LogP contribution in [0.5, 0.6) is 5.75 Å². The second-order valence-corrected chi connectivity index (χ2v) is 7.59. The van der Waals surface area contributed by atoms with Gasteiger partial charge in [-0.05, 0) is 68.2 Å². The second-order valence-electron chi connectivity index (χ2n) is 6.78. The molecular formula is C21H24ClN3O2S. The summed E-state index contributed by atoms with van der Waals surface area (Å²) in [7, 11) is 1.54. The van der Waals surface area contributed by atoms with E-state index in [4.69, 9.17) is 28.6 Å². The number of halogens is 1. The molecule has 2 N–H and O–H groups in total. The average Bonchev–Trinajstić information content (AvgIpc) is 2.68. The van der Waals surface area contributed by atoms with Crippen molar-refractivity contribution in [2.45, 2.75) is 26.2 Å². The molecule has 0 bridgehead atoms. The molecule has 1 aliphatic heterocycles. The molecule has 0 aromatic heterocycles. The molecule has 28 heavy (non-hydrogen) atoms. The molecule has 0 radical (unpaired) electrons. The van der Waals surface area contributed by atoms with Gasteiger partial charge in [-0.1, -0.05) is 23.7 Å². The molecule has 148 valence electrons. The number of piperidine rings is 1. The summed E-state index contributed by atoms with van der Waals surface area (Å²) in [6.07, 6.45) is 3.65. The Morgan fingerprint density at radius 3 is 2.61 bits per heavy atom. The lowest BCUT2D eigenvalue weighted by atomic mass is 10.1. The summed E-state index contributed by atoms with van der Waals surface area (Å²) >= 11 is 11.8. The third-order valence-corrected chi connectivity index (χ3v) is 5.30. The molecule has 1 aliphatic rings. The van der Waals surface area contributed by atoms with Crippen molar-refractivity contribution in [1.29, 1.82) is 0 Å². The fourth-order valence-electron chi connectivity index (χ4n) is 3.41. The van der Waals surface area contributed by atoms with Crippen molar-refractivity contribution in [2.75, 3.05) is 30.4 Å². The molecule has 2 aromatic rings. The summed E-state index contributed by atoms with van der Waals surface area (Å²) in [5, 5.41) is 6.59. The van der Waals surface area contributed by atoms with Crippen LogP contribution in [-0.4, -0.2) is 31.2 Å².